The first kappa shape index (κ1) is 19.8. The van der Waals surface area contributed by atoms with Gasteiger partial charge < -0.3 is 0 Å². The number of aromatic nitrogens is 7. The average Bonchev–Trinajstić information content (AvgIpc) is 3.26. The van der Waals surface area contributed by atoms with Crippen LogP contribution >= 0.6 is 11.3 Å². The van der Waals surface area contributed by atoms with Crippen molar-refractivity contribution in [2.45, 2.75) is 12.8 Å². The van der Waals surface area contributed by atoms with Gasteiger partial charge in [0, 0.05) is 27.6 Å². The van der Waals surface area contributed by atoms with Crippen molar-refractivity contribution in [2.75, 3.05) is 0 Å². The molecule has 0 radical (unpaired) electrons. The molecular formula is C26H16FN7OS. The normalized spacial score (nSPS) is 14.0. The molecular weight excluding hydrogens is 477 g/mol. The Balaban J connectivity index is 1.63. The van der Waals surface area contributed by atoms with Crippen molar-refractivity contribution >= 4 is 70.8 Å². The molecule has 6 heterocycles. The number of nitrogens with zero attached hydrogens (tertiary/aromatic N) is 5. The van der Waals surface area contributed by atoms with E-state index >= 15 is 4.39 Å². The number of aromatic amines is 2. The Labute approximate surface area is 205 Å². The SMILES string of the molecule is O=C(C1CC1)n1c2cncc(c2)c2ncc3[nH][nH]c(c4nc5cccc(c6ccc1s6)c5n4)-c3c2F. The number of para-hydroxylation sites is 1. The molecule has 5 aromatic rings. The molecule has 0 saturated heterocycles. The maximum absolute atomic E-state index is 16.1. The molecule has 2 aliphatic heterocycles. The van der Waals surface area contributed by atoms with Crippen LogP contribution in [0.25, 0.3) is 64.8 Å². The van der Waals surface area contributed by atoms with Crippen LogP contribution in [-0.4, -0.2) is 40.6 Å². The van der Waals surface area contributed by atoms with E-state index in [4.69, 9.17) is 9.97 Å². The van der Waals surface area contributed by atoms with E-state index in [0.29, 0.717) is 38.8 Å². The van der Waals surface area contributed by atoms with Crippen molar-refractivity contribution in [3.63, 3.8) is 0 Å². The van der Waals surface area contributed by atoms with Crippen molar-refractivity contribution < 1.29 is 9.18 Å². The van der Waals surface area contributed by atoms with Gasteiger partial charge in [-0.15, -0.1) is 11.3 Å². The molecule has 0 spiro atoms. The lowest BCUT2D eigenvalue weighted by Gasteiger charge is -2.07. The van der Waals surface area contributed by atoms with Crippen LogP contribution in [0, 0.1) is 11.7 Å². The number of thiophene rings is 1. The molecule has 0 atom stereocenters. The maximum atomic E-state index is 16.1. The first-order valence-electron chi connectivity index (χ1n) is 11.6. The van der Waals surface area contributed by atoms with Gasteiger partial charge in [0.25, 0.3) is 0 Å². The lowest BCUT2D eigenvalue weighted by atomic mass is 10.1. The van der Waals surface area contributed by atoms with Gasteiger partial charge in [-0.2, -0.15) is 0 Å². The highest BCUT2D eigenvalue weighted by Gasteiger charge is 2.31. The first-order chi connectivity index (χ1) is 17.7. The second kappa shape index (κ2) is 7.05. The van der Waals surface area contributed by atoms with Gasteiger partial charge in [0.1, 0.15) is 16.0 Å². The van der Waals surface area contributed by atoms with Crippen molar-refractivity contribution in [2.24, 2.45) is 5.92 Å². The minimum atomic E-state index is -0.513. The van der Waals surface area contributed by atoms with Crippen LogP contribution in [0.2, 0.25) is 0 Å². The summed E-state index contributed by atoms with van der Waals surface area (Å²) in [7, 11) is 0. The topological polar surface area (TPSA) is 105 Å². The average molecular weight is 494 g/mol. The van der Waals surface area contributed by atoms with Gasteiger partial charge in [-0.25, -0.2) is 14.4 Å². The van der Waals surface area contributed by atoms with Crippen molar-refractivity contribution in [3.8, 4) is 11.3 Å². The van der Waals surface area contributed by atoms with E-state index in [1.807, 2.05) is 30.3 Å². The molecule has 36 heavy (non-hydrogen) atoms. The highest BCUT2D eigenvalue weighted by atomic mass is 32.1. The minimum absolute atomic E-state index is 0.0163. The fourth-order valence-corrected chi connectivity index (χ4v) is 5.89. The van der Waals surface area contributed by atoms with E-state index in [1.165, 1.54) is 11.3 Å². The standard InChI is InChI=1S/C26H16FN7OS/c27-21-20-17-11-29-22(21)13-8-14(10-28-9-13)34(26(35)12-4-5-12)19-7-6-18(36-19)15-2-1-3-16-23(15)31-25(30-16)24(20)33-32-17/h1-3,6-12,32-33H,4-5H2. The summed E-state index contributed by atoms with van der Waals surface area (Å²) in [5.74, 6) is -0.509. The predicted molar refractivity (Wildman–Crippen MR) is 137 cm³/mol. The summed E-state index contributed by atoms with van der Waals surface area (Å²) < 4.78 is 18.7. The van der Waals surface area contributed by atoms with Crippen molar-refractivity contribution in [1.29, 1.82) is 0 Å². The molecule has 0 unspecified atom stereocenters. The van der Waals surface area contributed by atoms with E-state index in [0.717, 1.165) is 33.3 Å². The number of carbonyl (C=O) groups excluding carboxylic acids is 1. The highest BCUT2D eigenvalue weighted by molar-refractivity contribution is 7.24. The Morgan fingerprint density at radius 3 is 2.86 bits per heavy atom. The van der Waals surface area contributed by atoms with E-state index in [9.17, 15) is 4.79 Å². The number of hydrogen-bond donors (Lipinski definition) is 2. The molecule has 1 saturated carbocycles. The molecule has 1 fully saturated rings. The Bertz CT molecular complexity index is 2060. The van der Waals surface area contributed by atoms with E-state index in [-0.39, 0.29) is 17.3 Å². The van der Waals surface area contributed by atoms with Gasteiger partial charge in [-0.3, -0.25) is 29.5 Å². The van der Waals surface area contributed by atoms with Gasteiger partial charge in [-0.1, -0.05) is 12.1 Å². The number of pyridine rings is 2. The van der Waals surface area contributed by atoms with Gasteiger partial charge >= 0.3 is 0 Å². The van der Waals surface area contributed by atoms with Crippen LogP contribution in [0.15, 0.2) is 55.0 Å². The second-order valence-corrected chi connectivity index (χ2v) is 10.1. The highest BCUT2D eigenvalue weighted by Crippen LogP contribution is 2.36. The Kier molecular flexibility index (Phi) is 3.88. The van der Waals surface area contributed by atoms with Crippen LogP contribution < -0.4 is 0 Å². The van der Waals surface area contributed by atoms with Gasteiger partial charge in [0.2, 0.25) is 5.91 Å². The maximum Gasteiger partial charge on any atom is 0.235 e. The summed E-state index contributed by atoms with van der Waals surface area (Å²) in [6, 6.07) is 11.5. The second-order valence-electron chi connectivity index (χ2n) is 9.07. The molecule has 10 heteroatoms. The molecule has 8 bridgehead atoms. The number of rotatable bonds is 1. The summed E-state index contributed by atoms with van der Waals surface area (Å²) in [6.07, 6.45) is 6.51. The zero-order chi connectivity index (χ0) is 24.0. The third kappa shape index (κ3) is 2.75. The number of benzene rings is 1. The van der Waals surface area contributed by atoms with E-state index in [1.54, 1.807) is 29.2 Å². The molecule has 8 nitrogen and oxygen atoms in total. The Hall–Kier alpha value is -4.44. The zero-order valence-electron chi connectivity index (χ0n) is 18.6. The molecule has 174 valence electrons. The number of nitrogens with one attached hydrogen (secondary N) is 2. The number of imidazole rings is 1. The van der Waals surface area contributed by atoms with E-state index < -0.39 is 5.82 Å². The van der Waals surface area contributed by atoms with E-state index in [2.05, 4.69) is 20.2 Å². The number of carbonyl (C=O) groups is 1. The molecule has 8 rings (SSSR count). The van der Waals surface area contributed by atoms with Crippen molar-refractivity contribution in [1.82, 2.24) is 34.7 Å². The fraction of sp³-hybridized carbons (Fsp3) is 0.115. The van der Waals surface area contributed by atoms with Crippen LogP contribution in [0.3, 0.4) is 0 Å². The smallest absolute Gasteiger partial charge is 0.235 e. The third-order valence-electron chi connectivity index (χ3n) is 6.75. The quantitative estimate of drug-likeness (QED) is 0.293. The molecule has 1 aliphatic carbocycles. The Morgan fingerprint density at radius 1 is 1.06 bits per heavy atom. The van der Waals surface area contributed by atoms with Gasteiger partial charge in [0.15, 0.2) is 11.5 Å². The largest absolute Gasteiger partial charge is 0.298 e. The molecule has 1 aromatic carbocycles. The first-order valence-corrected chi connectivity index (χ1v) is 12.4. The van der Waals surface area contributed by atoms with Crippen LogP contribution in [0.4, 0.5) is 4.39 Å². The molecule has 4 aromatic heterocycles. The Morgan fingerprint density at radius 2 is 1.97 bits per heavy atom. The summed E-state index contributed by atoms with van der Waals surface area (Å²) in [5.41, 5.74) is 3.82. The molecule has 2 N–H and O–H groups in total. The number of H-pyrrole nitrogens is 2. The lowest BCUT2D eigenvalue weighted by molar-refractivity contribution is 0.0896. The molecule has 0 amide bonds. The minimum Gasteiger partial charge on any atom is -0.298 e. The predicted octanol–water partition coefficient (Wildman–Crippen LogP) is 5.97. The molecule has 3 aliphatic rings. The number of hydrogen-bond acceptors (Lipinski definition) is 6. The number of halogens is 1. The number of fused-ring (bicyclic) bond motifs is 9. The third-order valence-corrected chi connectivity index (χ3v) is 7.86. The zero-order valence-corrected chi connectivity index (χ0v) is 19.4. The summed E-state index contributed by atoms with van der Waals surface area (Å²) >= 11 is 1.51. The van der Waals surface area contributed by atoms with Crippen LogP contribution in [0.1, 0.15) is 17.6 Å². The van der Waals surface area contributed by atoms with Gasteiger partial charge in [-0.05, 0) is 37.1 Å². The van der Waals surface area contributed by atoms with Crippen molar-refractivity contribution in [3.05, 3.63) is 60.8 Å². The van der Waals surface area contributed by atoms with Gasteiger partial charge in [0.05, 0.1) is 40.0 Å². The monoisotopic (exact) mass is 493 g/mol. The van der Waals surface area contributed by atoms with Crippen LogP contribution in [-0.2, 0) is 0 Å². The lowest BCUT2D eigenvalue weighted by Crippen LogP contribution is -2.12. The summed E-state index contributed by atoms with van der Waals surface area (Å²) in [6.45, 7) is 0. The fourth-order valence-electron chi connectivity index (χ4n) is 4.83. The summed E-state index contributed by atoms with van der Waals surface area (Å²) in [5, 5.41) is 7.40. The summed E-state index contributed by atoms with van der Waals surface area (Å²) in [4.78, 5) is 32.5. The van der Waals surface area contributed by atoms with Crippen LogP contribution in [0.5, 0.6) is 0 Å².